The van der Waals surface area contributed by atoms with Crippen molar-refractivity contribution in [3.63, 3.8) is 0 Å². The predicted molar refractivity (Wildman–Crippen MR) is 106 cm³/mol. The Hall–Kier alpha value is -2.61. The molecule has 4 rings (SSSR count). The lowest BCUT2D eigenvalue weighted by Gasteiger charge is -2.35. The Balaban J connectivity index is 1.78. The van der Waals surface area contributed by atoms with E-state index in [4.69, 9.17) is 9.47 Å². The first-order valence-electron chi connectivity index (χ1n) is 10.5. The summed E-state index contributed by atoms with van der Waals surface area (Å²) in [5.74, 6) is -2.10. The molecule has 1 fully saturated rings. The number of allylic oxidation sites excluding steroid dienone is 3. The van der Waals surface area contributed by atoms with Crippen LogP contribution in [0, 0.1) is 0 Å². The minimum atomic E-state index is -4.62. The van der Waals surface area contributed by atoms with Gasteiger partial charge in [0.05, 0.1) is 17.2 Å². The lowest BCUT2D eigenvalue weighted by atomic mass is 9.74. The van der Waals surface area contributed by atoms with Crippen molar-refractivity contribution in [2.45, 2.75) is 57.2 Å². The van der Waals surface area contributed by atoms with Gasteiger partial charge in [-0.3, -0.25) is 4.79 Å². The Bertz CT molecular complexity index is 958. The third-order valence-electron chi connectivity index (χ3n) is 6.00. The second-order valence-electron chi connectivity index (χ2n) is 8.08. The summed E-state index contributed by atoms with van der Waals surface area (Å²) in [5, 5.41) is 3.09. The summed E-state index contributed by atoms with van der Waals surface area (Å²) in [6.45, 7) is 2.26. The first-order chi connectivity index (χ1) is 14.8. The van der Waals surface area contributed by atoms with Gasteiger partial charge in [0.25, 0.3) is 0 Å². The smallest absolute Gasteiger partial charge is 0.416 e. The molecule has 1 saturated heterocycles. The lowest BCUT2D eigenvalue weighted by Crippen LogP contribution is -2.35. The van der Waals surface area contributed by atoms with Crippen LogP contribution in [0.15, 0.2) is 46.8 Å². The highest BCUT2D eigenvalue weighted by Crippen LogP contribution is 2.46. The Kier molecular flexibility index (Phi) is 5.92. The summed E-state index contributed by atoms with van der Waals surface area (Å²) in [4.78, 5) is 25.9. The maximum Gasteiger partial charge on any atom is 0.416 e. The summed E-state index contributed by atoms with van der Waals surface area (Å²) in [6.07, 6.45) is -1.81. The molecule has 1 aliphatic carbocycles. The van der Waals surface area contributed by atoms with Gasteiger partial charge in [0, 0.05) is 35.9 Å². The highest BCUT2D eigenvalue weighted by Gasteiger charge is 2.43. The van der Waals surface area contributed by atoms with Gasteiger partial charge in [-0.05, 0) is 44.2 Å². The first kappa shape index (κ1) is 21.6. The Morgan fingerprint density at radius 1 is 1.23 bits per heavy atom. The molecular weight excluding hydrogens is 411 g/mol. The van der Waals surface area contributed by atoms with E-state index in [9.17, 15) is 22.8 Å². The van der Waals surface area contributed by atoms with Crippen molar-refractivity contribution in [1.29, 1.82) is 0 Å². The number of esters is 1. The molecule has 3 aliphatic rings. The van der Waals surface area contributed by atoms with Crippen LogP contribution in [0.4, 0.5) is 13.2 Å². The van der Waals surface area contributed by atoms with Gasteiger partial charge in [0.15, 0.2) is 5.78 Å². The molecule has 0 radical (unpaired) electrons. The fraction of sp³-hybridized carbons (Fsp3) is 0.478. The number of alkyl halides is 3. The third kappa shape index (κ3) is 4.26. The number of Topliss-reactive ketones (excluding diaryl/α,β-unsaturated/α-hetero) is 1. The minimum Gasteiger partial charge on any atom is -0.459 e. The fourth-order valence-electron chi connectivity index (χ4n) is 4.59. The van der Waals surface area contributed by atoms with Crippen molar-refractivity contribution in [2.24, 2.45) is 0 Å². The van der Waals surface area contributed by atoms with Crippen molar-refractivity contribution >= 4 is 11.8 Å². The summed E-state index contributed by atoms with van der Waals surface area (Å²) in [7, 11) is 0. The molecule has 0 amide bonds. The van der Waals surface area contributed by atoms with Crippen LogP contribution in [0.1, 0.15) is 56.1 Å². The molecule has 5 nitrogen and oxygen atoms in total. The largest absolute Gasteiger partial charge is 0.459 e. The van der Waals surface area contributed by atoms with Gasteiger partial charge in [0.2, 0.25) is 0 Å². The molecule has 2 atom stereocenters. The van der Waals surface area contributed by atoms with Crippen molar-refractivity contribution in [1.82, 2.24) is 5.32 Å². The van der Waals surface area contributed by atoms with E-state index in [1.165, 1.54) is 18.2 Å². The van der Waals surface area contributed by atoms with Crippen molar-refractivity contribution in [3.8, 4) is 0 Å². The van der Waals surface area contributed by atoms with Crippen LogP contribution >= 0.6 is 0 Å². The molecule has 2 aliphatic heterocycles. The zero-order chi connectivity index (χ0) is 22.2. The average molecular weight is 435 g/mol. The van der Waals surface area contributed by atoms with E-state index in [0.29, 0.717) is 30.8 Å². The van der Waals surface area contributed by atoms with E-state index in [-0.39, 0.29) is 41.6 Å². The molecular formula is C23H24F3NO4. The Morgan fingerprint density at radius 3 is 2.71 bits per heavy atom. The number of benzene rings is 1. The van der Waals surface area contributed by atoms with Crippen LogP contribution in [0.5, 0.6) is 0 Å². The molecule has 0 unspecified atom stereocenters. The number of halogens is 3. The lowest BCUT2D eigenvalue weighted by molar-refractivity contribution is -0.143. The average Bonchev–Trinajstić information content (AvgIpc) is 3.24. The van der Waals surface area contributed by atoms with Gasteiger partial charge in [-0.1, -0.05) is 18.2 Å². The number of ketones is 1. The van der Waals surface area contributed by atoms with Crippen molar-refractivity contribution in [3.05, 3.63) is 57.9 Å². The molecule has 1 aromatic rings. The number of hydrogen-bond acceptors (Lipinski definition) is 5. The first-order valence-corrected chi connectivity index (χ1v) is 10.5. The molecule has 166 valence electrons. The topological polar surface area (TPSA) is 64.6 Å². The molecule has 0 bridgehead atoms. The SMILES string of the molecule is CC1=C(C(=O)OC[C@H]2CCCO2)[C@H](c2ccccc2C(F)(F)F)C2=C(CCCC2=O)N1. The number of rotatable bonds is 4. The van der Waals surface area contributed by atoms with Crippen molar-refractivity contribution < 1.29 is 32.2 Å². The molecule has 1 N–H and O–H groups in total. The minimum absolute atomic E-state index is 0.0309. The highest BCUT2D eigenvalue weighted by molar-refractivity contribution is 6.03. The molecule has 0 aromatic heterocycles. The van der Waals surface area contributed by atoms with Crippen LogP contribution in [-0.2, 0) is 25.2 Å². The monoisotopic (exact) mass is 435 g/mol. The number of carbonyl (C=O) groups excluding carboxylic acids is 2. The molecule has 31 heavy (non-hydrogen) atoms. The summed E-state index contributed by atoms with van der Waals surface area (Å²) in [5.41, 5.74) is 0.313. The molecule has 0 saturated carbocycles. The quantitative estimate of drug-likeness (QED) is 0.711. The normalized spacial score (nSPS) is 24.2. The van der Waals surface area contributed by atoms with E-state index >= 15 is 0 Å². The highest BCUT2D eigenvalue weighted by atomic mass is 19.4. The zero-order valence-electron chi connectivity index (χ0n) is 17.2. The van der Waals surface area contributed by atoms with E-state index in [1.54, 1.807) is 6.92 Å². The number of dihydropyridines is 1. The summed E-state index contributed by atoms with van der Waals surface area (Å²) < 4.78 is 52.4. The van der Waals surface area contributed by atoms with Gasteiger partial charge in [-0.15, -0.1) is 0 Å². The number of ether oxygens (including phenoxy) is 2. The van der Waals surface area contributed by atoms with Gasteiger partial charge < -0.3 is 14.8 Å². The molecule has 0 spiro atoms. The van der Waals surface area contributed by atoms with Crippen LogP contribution in [0.25, 0.3) is 0 Å². The van der Waals surface area contributed by atoms with E-state index in [2.05, 4.69) is 5.32 Å². The van der Waals surface area contributed by atoms with Gasteiger partial charge in [0.1, 0.15) is 6.61 Å². The summed E-state index contributed by atoms with van der Waals surface area (Å²) >= 11 is 0. The van der Waals surface area contributed by atoms with Crippen LogP contribution < -0.4 is 5.32 Å². The summed E-state index contributed by atoms with van der Waals surface area (Å²) in [6, 6.07) is 5.11. The van der Waals surface area contributed by atoms with Crippen molar-refractivity contribution in [2.75, 3.05) is 13.2 Å². The number of hydrogen-bond donors (Lipinski definition) is 1. The molecule has 1 aromatic carbocycles. The molecule has 8 heteroatoms. The predicted octanol–water partition coefficient (Wildman–Crippen LogP) is 4.40. The van der Waals surface area contributed by atoms with Gasteiger partial charge >= 0.3 is 12.1 Å². The number of carbonyl (C=O) groups is 2. The second-order valence-corrected chi connectivity index (χ2v) is 8.08. The maximum atomic E-state index is 13.8. The van der Waals surface area contributed by atoms with Crippen LogP contribution in [0.3, 0.4) is 0 Å². The van der Waals surface area contributed by atoms with E-state index < -0.39 is 23.6 Å². The van der Waals surface area contributed by atoms with Gasteiger partial charge in [-0.2, -0.15) is 13.2 Å². The number of nitrogens with one attached hydrogen (secondary N) is 1. The van der Waals surface area contributed by atoms with E-state index in [0.717, 1.165) is 18.9 Å². The zero-order valence-corrected chi connectivity index (χ0v) is 17.2. The maximum absolute atomic E-state index is 13.8. The Morgan fingerprint density at radius 2 is 2.00 bits per heavy atom. The second kappa shape index (κ2) is 8.49. The standard InChI is InChI=1S/C23H24F3NO4/c1-13-19(22(29)31-12-14-6-5-11-30-14)20(21-17(27-13)9-4-10-18(21)28)15-7-2-3-8-16(15)23(24,25)26/h2-3,7-8,14,20,27H,4-6,9-12H2,1H3/t14-,20+/m1/s1. The van der Waals surface area contributed by atoms with Crippen LogP contribution in [0.2, 0.25) is 0 Å². The molecule has 2 heterocycles. The van der Waals surface area contributed by atoms with Crippen LogP contribution in [-0.4, -0.2) is 31.1 Å². The van der Waals surface area contributed by atoms with E-state index in [1.807, 2.05) is 0 Å². The van der Waals surface area contributed by atoms with Gasteiger partial charge in [-0.25, -0.2) is 4.79 Å². The fourth-order valence-corrected chi connectivity index (χ4v) is 4.59. The Labute approximate surface area is 178 Å². The third-order valence-corrected chi connectivity index (χ3v) is 6.00.